The Morgan fingerprint density at radius 2 is 2.11 bits per heavy atom. The van der Waals surface area contributed by atoms with Crippen LogP contribution in [0.4, 0.5) is 0 Å². The molecule has 1 rings (SSSR count). The van der Waals surface area contributed by atoms with Crippen molar-refractivity contribution >= 4 is 6.92 Å². The third-order valence-corrected chi connectivity index (χ3v) is 1.51. The van der Waals surface area contributed by atoms with Gasteiger partial charge >= 0.3 is 6.92 Å². The zero-order valence-corrected chi connectivity index (χ0v) is 5.26. The van der Waals surface area contributed by atoms with Crippen LogP contribution in [0.5, 0.6) is 0 Å². The van der Waals surface area contributed by atoms with Crippen molar-refractivity contribution in [3.63, 3.8) is 0 Å². The highest BCUT2D eigenvalue weighted by Gasteiger charge is 2.19. The van der Waals surface area contributed by atoms with E-state index < -0.39 is 0 Å². The molecule has 1 N–H and O–H groups in total. The molecule has 3 nitrogen and oxygen atoms in total. The normalized spacial score (nSPS) is 18.8. The molecule has 1 saturated heterocycles. The highest BCUT2D eigenvalue weighted by molar-refractivity contribution is 6.52. The number of hydrogen-bond donors (Lipinski definition) is 1. The van der Waals surface area contributed by atoms with Gasteiger partial charge in [-0.15, -0.1) is 0 Å². The Balaban J connectivity index is 2.17. The van der Waals surface area contributed by atoms with Crippen molar-refractivity contribution in [1.82, 2.24) is 5.32 Å². The Bertz CT molecular complexity index is 117. The van der Waals surface area contributed by atoms with Gasteiger partial charge in [-0.3, -0.25) is 0 Å². The summed E-state index contributed by atoms with van der Waals surface area (Å²) in [5.41, 5.74) is 0. The second kappa shape index (κ2) is 3.36. The summed E-state index contributed by atoms with van der Waals surface area (Å²) >= 11 is 0. The zero-order chi connectivity index (χ0) is 6.53. The molecular formula is C5H9BN2O. The molecule has 0 spiro atoms. The predicted molar refractivity (Wildman–Crippen MR) is 34.9 cm³/mol. The van der Waals surface area contributed by atoms with Crippen LogP contribution in [0.15, 0.2) is 0 Å². The zero-order valence-electron chi connectivity index (χ0n) is 5.26. The summed E-state index contributed by atoms with van der Waals surface area (Å²) < 4.78 is 4.75. The Morgan fingerprint density at radius 3 is 2.67 bits per heavy atom. The first-order valence-corrected chi connectivity index (χ1v) is 3.19. The molecule has 0 bridgehead atoms. The average Bonchev–Trinajstić information content (AvgIpc) is 1.91. The van der Waals surface area contributed by atoms with E-state index in [1.165, 1.54) is 0 Å². The van der Waals surface area contributed by atoms with E-state index in [1.54, 1.807) is 6.26 Å². The molecule has 9 heavy (non-hydrogen) atoms. The van der Waals surface area contributed by atoms with Gasteiger partial charge in [-0.05, 0) is 25.7 Å². The fourth-order valence-electron chi connectivity index (χ4n) is 0.988. The van der Waals surface area contributed by atoms with Gasteiger partial charge in [-0.1, -0.05) is 0 Å². The number of nitrogens with one attached hydrogen (secondary N) is 1. The first kappa shape index (κ1) is 6.44. The van der Waals surface area contributed by atoms with E-state index in [9.17, 15) is 0 Å². The van der Waals surface area contributed by atoms with E-state index in [4.69, 9.17) is 9.92 Å². The lowest BCUT2D eigenvalue weighted by atomic mass is 9.60. The Labute approximate surface area is 55.1 Å². The van der Waals surface area contributed by atoms with Crippen LogP contribution in [-0.2, 0) is 4.65 Å². The van der Waals surface area contributed by atoms with Gasteiger partial charge in [0.1, 0.15) is 0 Å². The van der Waals surface area contributed by atoms with Crippen molar-refractivity contribution < 1.29 is 4.65 Å². The largest absolute Gasteiger partial charge is 0.498 e. The maximum atomic E-state index is 8.13. The predicted octanol–water partition coefficient (Wildman–Crippen LogP) is 0.0788. The standard InChI is InChI=1S/C5H9BN2O/c7-5-9-6-1-3-8-4-2-6/h8H,1-4H2. The quantitative estimate of drug-likeness (QED) is 0.397. The number of rotatable bonds is 1. The van der Waals surface area contributed by atoms with E-state index in [0.717, 1.165) is 25.7 Å². The summed E-state index contributed by atoms with van der Waals surface area (Å²) in [6.45, 7) is 2.13. The first-order valence-electron chi connectivity index (χ1n) is 3.19. The van der Waals surface area contributed by atoms with E-state index in [2.05, 4.69) is 5.32 Å². The van der Waals surface area contributed by atoms with E-state index >= 15 is 0 Å². The first-order chi connectivity index (χ1) is 4.43. The van der Waals surface area contributed by atoms with Gasteiger partial charge in [-0.25, -0.2) is 0 Å². The summed E-state index contributed by atoms with van der Waals surface area (Å²) in [7, 11) is 0. The molecule has 1 fully saturated rings. The second-order valence-corrected chi connectivity index (χ2v) is 2.16. The molecule has 4 heteroatoms. The van der Waals surface area contributed by atoms with E-state index in [-0.39, 0.29) is 6.92 Å². The minimum absolute atomic E-state index is 0.177. The summed E-state index contributed by atoms with van der Waals surface area (Å²) in [5.74, 6) is 0. The van der Waals surface area contributed by atoms with Gasteiger partial charge in [0, 0.05) is 0 Å². The molecule has 0 aromatic heterocycles. The van der Waals surface area contributed by atoms with Crippen molar-refractivity contribution in [3.8, 4) is 6.26 Å². The fraction of sp³-hybridized carbons (Fsp3) is 0.800. The summed E-state index contributed by atoms with van der Waals surface area (Å²) in [6, 6.07) is 0. The van der Waals surface area contributed by atoms with Gasteiger partial charge in [0.25, 0.3) is 6.26 Å². The summed E-state index contributed by atoms with van der Waals surface area (Å²) in [6.07, 6.45) is 3.64. The van der Waals surface area contributed by atoms with Crippen LogP contribution in [0.1, 0.15) is 0 Å². The SMILES string of the molecule is N#COB1CCNCC1. The van der Waals surface area contributed by atoms with Crippen molar-refractivity contribution in [3.05, 3.63) is 0 Å². The van der Waals surface area contributed by atoms with Crippen molar-refractivity contribution in [1.29, 1.82) is 5.26 Å². The smallest absolute Gasteiger partial charge is 0.375 e. The van der Waals surface area contributed by atoms with E-state index in [1.807, 2.05) is 0 Å². The monoisotopic (exact) mass is 124 g/mol. The minimum Gasteiger partial charge on any atom is -0.498 e. The van der Waals surface area contributed by atoms with Crippen molar-refractivity contribution in [2.45, 2.75) is 12.6 Å². The lowest BCUT2D eigenvalue weighted by Gasteiger charge is -2.15. The highest BCUT2D eigenvalue weighted by Crippen LogP contribution is 2.03. The average molecular weight is 124 g/mol. The molecule has 0 amide bonds. The lowest BCUT2D eigenvalue weighted by molar-refractivity contribution is 0.494. The lowest BCUT2D eigenvalue weighted by Crippen LogP contribution is -2.33. The fourth-order valence-corrected chi connectivity index (χ4v) is 0.988. The summed E-state index contributed by atoms with van der Waals surface area (Å²) in [5, 5.41) is 11.3. The third kappa shape index (κ3) is 1.94. The maximum Gasteiger partial charge on any atom is 0.375 e. The Hall–Kier alpha value is -0.685. The summed E-state index contributed by atoms with van der Waals surface area (Å²) in [4.78, 5) is 0. The van der Waals surface area contributed by atoms with Crippen LogP contribution in [0, 0.1) is 11.5 Å². The van der Waals surface area contributed by atoms with Gasteiger partial charge in [0.2, 0.25) is 0 Å². The molecule has 0 atom stereocenters. The molecule has 0 aromatic rings. The van der Waals surface area contributed by atoms with Crippen LogP contribution in [-0.4, -0.2) is 20.0 Å². The van der Waals surface area contributed by atoms with Crippen LogP contribution in [0.25, 0.3) is 0 Å². The molecule has 0 aliphatic carbocycles. The van der Waals surface area contributed by atoms with Gasteiger partial charge in [0.05, 0.1) is 0 Å². The number of nitrogens with zero attached hydrogens (tertiary/aromatic N) is 1. The van der Waals surface area contributed by atoms with Gasteiger partial charge in [-0.2, -0.15) is 5.26 Å². The van der Waals surface area contributed by atoms with E-state index in [0.29, 0.717) is 0 Å². The molecule has 1 aliphatic heterocycles. The van der Waals surface area contributed by atoms with Gasteiger partial charge in [0.15, 0.2) is 0 Å². The molecule has 0 unspecified atom stereocenters. The second-order valence-electron chi connectivity index (χ2n) is 2.16. The number of hydrogen-bond acceptors (Lipinski definition) is 3. The topological polar surface area (TPSA) is 45.0 Å². The molecule has 0 saturated carbocycles. The molecular weight excluding hydrogens is 115 g/mol. The molecule has 0 radical (unpaired) electrons. The van der Waals surface area contributed by atoms with Crippen molar-refractivity contribution in [2.75, 3.05) is 13.1 Å². The molecule has 48 valence electrons. The van der Waals surface area contributed by atoms with Crippen LogP contribution in [0.3, 0.4) is 0 Å². The van der Waals surface area contributed by atoms with Gasteiger partial charge < -0.3 is 9.97 Å². The minimum atomic E-state index is 0.177. The van der Waals surface area contributed by atoms with Crippen LogP contribution < -0.4 is 5.32 Å². The molecule has 1 aliphatic rings. The third-order valence-electron chi connectivity index (χ3n) is 1.51. The highest BCUT2D eigenvalue weighted by atomic mass is 16.4. The molecule has 1 heterocycles. The Kier molecular flexibility index (Phi) is 2.40. The maximum absolute atomic E-state index is 8.13. The van der Waals surface area contributed by atoms with Crippen LogP contribution in [0.2, 0.25) is 12.6 Å². The Morgan fingerprint density at radius 1 is 1.44 bits per heavy atom. The molecule has 0 aromatic carbocycles. The van der Waals surface area contributed by atoms with Crippen LogP contribution >= 0.6 is 0 Å². The van der Waals surface area contributed by atoms with Crippen molar-refractivity contribution in [2.24, 2.45) is 0 Å². The number of nitriles is 1.